The maximum absolute atomic E-state index is 14.1. The summed E-state index contributed by atoms with van der Waals surface area (Å²) in [6, 6.07) is 21.0. The van der Waals surface area contributed by atoms with Gasteiger partial charge in [-0.2, -0.15) is 0 Å². The van der Waals surface area contributed by atoms with E-state index in [4.69, 9.17) is 18.6 Å². The molecule has 12 heteroatoms. The van der Waals surface area contributed by atoms with Gasteiger partial charge < -0.3 is 28.8 Å². The number of carbonyl (C=O) groups excluding carboxylic acids is 4. The minimum atomic E-state index is -1.39. The summed E-state index contributed by atoms with van der Waals surface area (Å²) >= 11 is 1.48. The Bertz CT molecular complexity index is 1660. The van der Waals surface area contributed by atoms with Crippen LogP contribution in [0.4, 0.5) is 11.4 Å². The van der Waals surface area contributed by atoms with Crippen molar-refractivity contribution in [2.45, 2.75) is 37.8 Å². The van der Waals surface area contributed by atoms with Crippen LogP contribution in [-0.2, 0) is 30.5 Å². The number of ether oxygens (including phenoxy) is 3. The number of piperidine rings is 1. The number of esters is 2. The summed E-state index contributed by atoms with van der Waals surface area (Å²) in [5.41, 5.74) is 0.317. The molecule has 0 radical (unpaired) electrons. The van der Waals surface area contributed by atoms with Crippen LogP contribution < -0.4 is 15.0 Å². The summed E-state index contributed by atoms with van der Waals surface area (Å²) in [7, 11) is 2.89. The van der Waals surface area contributed by atoms with E-state index in [0.717, 1.165) is 16.2 Å². The van der Waals surface area contributed by atoms with E-state index in [-0.39, 0.29) is 37.1 Å². The molecular formula is C35H37N3O8S. The molecule has 1 N–H and O–H groups in total. The highest BCUT2D eigenvalue weighted by atomic mass is 32.1. The molecule has 246 valence electrons. The van der Waals surface area contributed by atoms with Crippen LogP contribution >= 0.6 is 11.3 Å². The first-order valence-electron chi connectivity index (χ1n) is 15.1. The molecule has 1 fully saturated rings. The molecule has 5 rings (SSSR count). The molecule has 11 nitrogen and oxygen atoms in total. The summed E-state index contributed by atoms with van der Waals surface area (Å²) in [4.78, 5) is 57.4. The maximum Gasteiger partial charge on any atom is 0.332 e. The largest absolute Gasteiger partial charge is 0.497 e. The Balaban J connectivity index is 1.38. The number of furan rings is 1. The Morgan fingerprint density at radius 1 is 1.00 bits per heavy atom. The van der Waals surface area contributed by atoms with Crippen LogP contribution in [-0.4, -0.2) is 68.0 Å². The molecule has 0 bridgehead atoms. The van der Waals surface area contributed by atoms with Gasteiger partial charge in [0.15, 0.2) is 5.76 Å². The number of likely N-dealkylation sites (tertiary alicyclic amines) is 1. The van der Waals surface area contributed by atoms with Gasteiger partial charge in [-0.25, -0.2) is 4.79 Å². The number of hydrogen-bond acceptors (Lipinski definition) is 10. The van der Waals surface area contributed by atoms with Crippen LogP contribution in [0.3, 0.4) is 0 Å². The first-order valence-corrected chi connectivity index (χ1v) is 16.0. The molecule has 1 aliphatic heterocycles. The highest BCUT2D eigenvalue weighted by Crippen LogP contribution is 2.38. The minimum absolute atomic E-state index is 0.0537. The lowest BCUT2D eigenvalue weighted by Gasteiger charge is -2.46. The zero-order valence-corrected chi connectivity index (χ0v) is 27.3. The SMILES string of the molecule is COC(=O)C1(N(C(=O)c2ccco2)c2cccc(NC(C)=O)c2)CCN(CC(C(=O)OCc2ccc(OC)cc2)c2cccs2)CC1. The lowest BCUT2D eigenvalue weighted by atomic mass is 9.84. The second-order valence-electron chi connectivity index (χ2n) is 11.2. The van der Waals surface area contributed by atoms with E-state index in [2.05, 4.69) is 10.2 Å². The van der Waals surface area contributed by atoms with E-state index in [1.54, 1.807) is 37.4 Å². The van der Waals surface area contributed by atoms with Crippen LogP contribution in [0.2, 0.25) is 0 Å². The molecule has 1 aliphatic rings. The number of methoxy groups -OCH3 is 2. The predicted octanol–water partition coefficient (Wildman–Crippen LogP) is 5.49. The van der Waals surface area contributed by atoms with Crippen molar-refractivity contribution in [2.75, 3.05) is 44.1 Å². The zero-order chi connectivity index (χ0) is 33.4. The van der Waals surface area contributed by atoms with E-state index in [9.17, 15) is 19.2 Å². The van der Waals surface area contributed by atoms with Gasteiger partial charge in [-0.15, -0.1) is 11.3 Å². The van der Waals surface area contributed by atoms with Crippen molar-refractivity contribution in [2.24, 2.45) is 0 Å². The molecule has 47 heavy (non-hydrogen) atoms. The number of rotatable bonds is 12. The number of thiophene rings is 1. The van der Waals surface area contributed by atoms with Crippen molar-refractivity contribution < 1.29 is 37.8 Å². The van der Waals surface area contributed by atoms with Crippen molar-refractivity contribution >= 4 is 46.5 Å². The van der Waals surface area contributed by atoms with Gasteiger partial charge in [-0.1, -0.05) is 24.3 Å². The zero-order valence-electron chi connectivity index (χ0n) is 26.5. The number of carbonyl (C=O) groups is 4. The van der Waals surface area contributed by atoms with Gasteiger partial charge >= 0.3 is 11.9 Å². The molecule has 2 amide bonds. The van der Waals surface area contributed by atoms with E-state index in [1.807, 2.05) is 41.8 Å². The van der Waals surface area contributed by atoms with Crippen LogP contribution in [0.25, 0.3) is 0 Å². The van der Waals surface area contributed by atoms with Crippen LogP contribution in [0.1, 0.15) is 46.7 Å². The molecule has 0 saturated carbocycles. The summed E-state index contributed by atoms with van der Waals surface area (Å²) in [5, 5.41) is 4.66. The number of anilines is 2. The van der Waals surface area contributed by atoms with Crippen molar-refractivity contribution in [3.05, 3.63) is 101 Å². The van der Waals surface area contributed by atoms with Crippen molar-refractivity contribution in [3.63, 3.8) is 0 Å². The van der Waals surface area contributed by atoms with Crippen molar-refractivity contribution in [3.8, 4) is 5.75 Å². The molecule has 4 aromatic rings. The second kappa shape index (κ2) is 15.1. The van der Waals surface area contributed by atoms with E-state index in [1.165, 1.54) is 42.6 Å². The van der Waals surface area contributed by atoms with Crippen LogP contribution in [0, 0.1) is 0 Å². The van der Waals surface area contributed by atoms with Crippen molar-refractivity contribution in [1.82, 2.24) is 4.90 Å². The van der Waals surface area contributed by atoms with Gasteiger partial charge in [-0.3, -0.25) is 19.3 Å². The molecule has 1 saturated heterocycles. The summed E-state index contributed by atoms with van der Waals surface area (Å²) in [6.07, 6.45) is 1.83. The Kier molecular flexibility index (Phi) is 10.7. The number of amides is 2. The van der Waals surface area contributed by atoms with Gasteiger partial charge in [0.1, 0.15) is 23.8 Å². The highest BCUT2D eigenvalue weighted by molar-refractivity contribution is 7.10. The highest BCUT2D eigenvalue weighted by Gasteiger charge is 2.51. The van der Waals surface area contributed by atoms with Gasteiger partial charge in [0.2, 0.25) is 5.91 Å². The van der Waals surface area contributed by atoms with Crippen LogP contribution in [0.5, 0.6) is 5.75 Å². The quantitative estimate of drug-likeness (QED) is 0.197. The number of nitrogens with zero attached hydrogens (tertiary/aromatic N) is 2. The molecule has 2 aromatic heterocycles. The molecular weight excluding hydrogens is 622 g/mol. The van der Waals surface area contributed by atoms with Gasteiger partial charge in [0.25, 0.3) is 5.91 Å². The molecule has 0 aliphatic carbocycles. The molecule has 3 heterocycles. The van der Waals surface area contributed by atoms with E-state index >= 15 is 0 Å². The standard InChI is InChI=1S/C35H37N3O8S/c1-24(39)36-26-7-4-8-27(21-26)38(32(40)30-9-5-19-45-30)35(34(42)44-3)15-17-37(18-16-35)22-29(31-10-6-20-47-31)33(41)46-23-25-11-13-28(43-2)14-12-25/h4-14,19-21,29H,15-18,22-23H2,1-3H3,(H,36,39). The molecule has 1 unspecified atom stereocenters. The molecule has 0 spiro atoms. The number of nitrogens with one attached hydrogen (secondary N) is 1. The third-order valence-corrected chi connectivity index (χ3v) is 9.17. The lowest BCUT2D eigenvalue weighted by molar-refractivity contribution is -0.150. The van der Waals surface area contributed by atoms with E-state index < -0.39 is 23.3 Å². The Labute approximate surface area is 277 Å². The lowest BCUT2D eigenvalue weighted by Crippen LogP contribution is -2.63. The smallest absolute Gasteiger partial charge is 0.332 e. The van der Waals surface area contributed by atoms with Gasteiger partial charge in [-0.05, 0) is 72.3 Å². The number of benzene rings is 2. The summed E-state index contributed by atoms with van der Waals surface area (Å²) in [6.45, 7) is 2.65. The third-order valence-electron chi connectivity index (χ3n) is 8.19. The fourth-order valence-electron chi connectivity index (χ4n) is 5.81. The molecule has 1 atom stereocenters. The minimum Gasteiger partial charge on any atom is -0.497 e. The summed E-state index contributed by atoms with van der Waals surface area (Å²) in [5.74, 6) is -1.49. The normalized spacial score (nSPS) is 14.9. The first-order chi connectivity index (χ1) is 22.7. The fourth-order valence-corrected chi connectivity index (χ4v) is 6.62. The Morgan fingerprint density at radius 3 is 2.38 bits per heavy atom. The topological polar surface area (TPSA) is 128 Å². The Hall–Kier alpha value is -4.94. The van der Waals surface area contributed by atoms with Crippen LogP contribution in [0.15, 0.2) is 88.9 Å². The maximum atomic E-state index is 14.1. The average molecular weight is 660 g/mol. The fraction of sp³-hybridized carbons (Fsp3) is 0.314. The van der Waals surface area contributed by atoms with Gasteiger partial charge in [0, 0.05) is 42.8 Å². The predicted molar refractivity (Wildman–Crippen MR) is 177 cm³/mol. The number of hydrogen-bond donors (Lipinski definition) is 1. The van der Waals surface area contributed by atoms with Crippen molar-refractivity contribution in [1.29, 1.82) is 0 Å². The monoisotopic (exact) mass is 659 g/mol. The summed E-state index contributed by atoms with van der Waals surface area (Å²) < 4.78 is 21.8. The van der Waals surface area contributed by atoms with Gasteiger partial charge in [0.05, 0.1) is 20.5 Å². The average Bonchev–Trinajstić information content (AvgIpc) is 3.82. The first kappa shape index (κ1) is 33.4. The third kappa shape index (κ3) is 7.72. The van der Waals surface area contributed by atoms with E-state index in [0.29, 0.717) is 31.0 Å². The Morgan fingerprint density at radius 2 is 1.77 bits per heavy atom. The molecule has 2 aromatic carbocycles. The second-order valence-corrected chi connectivity index (χ2v) is 12.2.